The lowest BCUT2D eigenvalue weighted by Gasteiger charge is -2.07. The highest BCUT2D eigenvalue weighted by atomic mass is 19.1. The Hall–Kier alpha value is -2.40. The first-order valence-corrected chi connectivity index (χ1v) is 6.24. The van der Waals surface area contributed by atoms with Crippen LogP contribution in [-0.2, 0) is 6.54 Å². The molecule has 3 rings (SSSR count). The number of hydrogen-bond acceptors (Lipinski definition) is 3. The first kappa shape index (κ1) is 12.6. The van der Waals surface area contributed by atoms with Crippen LogP contribution >= 0.6 is 0 Å². The average Bonchev–Trinajstić information content (AvgIpc) is 2.88. The summed E-state index contributed by atoms with van der Waals surface area (Å²) in [5.74, 6) is 0.431. The molecule has 0 aliphatic carbocycles. The molecule has 0 unspecified atom stereocenters. The molecule has 20 heavy (non-hydrogen) atoms. The average molecular weight is 271 g/mol. The van der Waals surface area contributed by atoms with Gasteiger partial charge in [0, 0.05) is 29.1 Å². The summed E-state index contributed by atoms with van der Waals surface area (Å²) in [4.78, 5) is 0. The lowest BCUT2D eigenvalue weighted by atomic mass is 10.0. The van der Waals surface area contributed by atoms with E-state index >= 15 is 0 Å². The standard InChI is InChI=1S/C15H14FN3O/c1-20-14-7-13-12(6-10(14)8-17)15(19-18-13)9-3-2-4-11(16)5-9/h2-7H,8,17H2,1H3,(H,18,19). The van der Waals surface area contributed by atoms with Gasteiger partial charge in [-0.05, 0) is 18.2 Å². The van der Waals surface area contributed by atoms with Crippen molar-refractivity contribution in [2.75, 3.05) is 7.11 Å². The molecule has 0 aliphatic heterocycles. The minimum Gasteiger partial charge on any atom is -0.496 e. The molecule has 0 aliphatic rings. The molecule has 0 atom stereocenters. The van der Waals surface area contributed by atoms with Gasteiger partial charge >= 0.3 is 0 Å². The lowest BCUT2D eigenvalue weighted by molar-refractivity contribution is 0.410. The maximum absolute atomic E-state index is 13.3. The summed E-state index contributed by atoms with van der Waals surface area (Å²) in [6.45, 7) is 0.368. The fourth-order valence-electron chi connectivity index (χ4n) is 2.29. The molecule has 0 radical (unpaired) electrons. The van der Waals surface area contributed by atoms with Gasteiger partial charge in [-0.3, -0.25) is 5.10 Å². The van der Waals surface area contributed by atoms with Crippen molar-refractivity contribution in [2.45, 2.75) is 6.54 Å². The van der Waals surface area contributed by atoms with Crippen LogP contribution in [0.25, 0.3) is 22.2 Å². The highest BCUT2D eigenvalue weighted by molar-refractivity contribution is 5.94. The number of methoxy groups -OCH3 is 1. The minimum absolute atomic E-state index is 0.286. The van der Waals surface area contributed by atoms with Crippen molar-refractivity contribution >= 4 is 10.9 Å². The molecule has 0 amide bonds. The van der Waals surface area contributed by atoms with Crippen molar-refractivity contribution in [3.05, 3.63) is 47.8 Å². The Bertz CT molecular complexity index is 767. The van der Waals surface area contributed by atoms with Crippen molar-refractivity contribution in [1.82, 2.24) is 10.2 Å². The zero-order chi connectivity index (χ0) is 14.1. The Morgan fingerprint density at radius 1 is 1.30 bits per heavy atom. The van der Waals surface area contributed by atoms with Gasteiger partial charge in [0.2, 0.25) is 0 Å². The van der Waals surface area contributed by atoms with E-state index in [2.05, 4.69) is 10.2 Å². The fourth-order valence-corrected chi connectivity index (χ4v) is 2.29. The van der Waals surface area contributed by atoms with Crippen molar-refractivity contribution in [2.24, 2.45) is 5.73 Å². The SMILES string of the molecule is COc1cc2[nH]nc(-c3cccc(F)c3)c2cc1CN. The third-order valence-electron chi connectivity index (χ3n) is 3.28. The molecule has 0 fully saturated rings. The van der Waals surface area contributed by atoms with Crippen molar-refractivity contribution in [3.8, 4) is 17.0 Å². The maximum Gasteiger partial charge on any atom is 0.125 e. The molecule has 1 heterocycles. The summed E-state index contributed by atoms with van der Waals surface area (Å²) in [5, 5.41) is 8.11. The third kappa shape index (κ3) is 2.02. The van der Waals surface area contributed by atoms with Crippen LogP contribution in [0, 0.1) is 5.82 Å². The maximum atomic E-state index is 13.3. The number of hydrogen-bond donors (Lipinski definition) is 2. The van der Waals surface area contributed by atoms with E-state index in [-0.39, 0.29) is 5.82 Å². The van der Waals surface area contributed by atoms with Gasteiger partial charge in [0.15, 0.2) is 0 Å². The Balaban J connectivity index is 2.23. The summed E-state index contributed by atoms with van der Waals surface area (Å²) in [7, 11) is 1.60. The molecule has 0 spiro atoms. The summed E-state index contributed by atoms with van der Waals surface area (Å²) in [5.41, 5.74) is 8.88. The molecule has 102 valence electrons. The molecular formula is C15H14FN3O. The summed E-state index contributed by atoms with van der Waals surface area (Å²) in [6, 6.07) is 10.1. The van der Waals surface area contributed by atoms with Crippen LogP contribution in [-0.4, -0.2) is 17.3 Å². The summed E-state index contributed by atoms with van der Waals surface area (Å²) < 4.78 is 18.6. The molecule has 3 N–H and O–H groups in total. The second-order valence-electron chi connectivity index (χ2n) is 4.50. The van der Waals surface area contributed by atoms with E-state index < -0.39 is 0 Å². The number of rotatable bonds is 3. The number of H-pyrrole nitrogens is 1. The van der Waals surface area contributed by atoms with Crippen LogP contribution in [0.3, 0.4) is 0 Å². The summed E-state index contributed by atoms with van der Waals surface area (Å²) in [6.07, 6.45) is 0. The van der Waals surface area contributed by atoms with Gasteiger partial charge in [-0.2, -0.15) is 5.10 Å². The van der Waals surface area contributed by atoms with E-state index in [1.807, 2.05) is 18.2 Å². The zero-order valence-electron chi connectivity index (χ0n) is 11.0. The quantitative estimate of drug-likeness (QED) is 0.770. The van der Waals surface area contributed by atoms with Crippen molar-refractivity contribution < 1.29 is 9.13 Å². The largest absolute Gasteiger partial charge is 0.496 e. The molecule has 3 aromatic rings. The molecule has 5 heteroatoms. The molecule has 4 nitrogen and oxygen atoms in total. The first-order chi connectivity index (χ1) is 9.72. The molecule has 0 bridgehead atoms. The van der Waals surface area contributed by atoms with E-state index in [9.17, 15) is 4.39 Å². The van der Waals surface area contributed by atoms with Crippen LogP contribution in [0.4, 0.5) is 4.39 Å². The number of aromatic amines is 1. The first-order valence-electron chi connectivity index (χ1n) is 6.24. The minimum atomic E-state index is -0.286. The van der Waals surface area contributed by atoms with Gasteiger partial charge in [-0.25, -0.2) is 4.39 Å². The number of nitrogens with two attached hydrogens (primary N) is 1. The van der Waals surface area contributed by atoms with Gasteiger partial charge in [0.05, 0.1) is 12.6 Å². The van der Waals surface area contributed by atoms with Crippen LogP contribution in [0.2, 0.25) is 0 Å². The smallest absolute Gasteiger partial charge is 0.125 e. The monoisotopic (exact) mass is 271 g/mol. The fraction of sp³-hybridized carbons (Fsp3) is 0.133. The van der Waals surface area contributed by atoms with Crippen LogP contribution < -0.4 is 10.5 Å². The highest BCUT2D eigenvalue weighted by Gasteiger charge is 2.12. The van der Waals surface area contributed by atoms with E-state index in [1.165, 1.54) is 12.1 Å². The Labute approximate surface area is 115 Å². The predicted molar refractivity (Wildman–Crippen MR) is 75.9 cm³/mol. The molecule has 0 saturated carbocycles. The molecule has 0 saturated heterocycles. The second-order valence-corrected chi connectivity index (χ2v) is 4.50. The molecule has 1 aromatic heterocycles. The Kier molecular flexibility index (Phi) is 3.12. The van der Waals surface area contributed by atoms with Gasteiger partial charge in [-0.1, -0.05) is 12.1 Å². The van der Waals surface area contributed by atoms with Crippen molar-refractivity contribution in [3.63, 3.8) is 0 Å². The topological polar surface area (TPSA) is 63.9 Å². The molecule has 2 aromatic carbocycles. The lowest BCUT2D eigenvalue weighted by Crippen LogP contribution is -1.99. The highest BCUT2D eigenvalue weighted by Crippen LogP contribution is 2.31. The summed E-state index contributed by atoms with van der Waals surface area (Å²) >= 11 is 0. The van der Waals surface area contributed by atoms with Gasteiger partial charge in [0.25, 0.3) is 0 Å². The second kappa shape index (κ2) is 4.94. The zero-order valence-corrected chi connectivity index (χ0v) is 11.0. The Morgan fingerprint density at radius 2 is 2.15 bits per heavy atom. The van der Waals surface area contributed by atoms with E-state index in [1.54, 1.807) is 13.2 Å². The van der Waals surface area contributed by atoms with Gasteiger partial charge in [0.1, 0.15) is 17.3 Å². The third-order valence-corrected chi connectivity index (χ3v) is 3.28. The van der Waals surface area contributed by atoms with Crippen LogP contribution in [0.5, 0.6) is 5.75 Å². The van der Waals surface area contributed by atoms with Gasteiger partial charge < -0.3 is 10.5 Å². The molecular weight excluding hydrogens is 257 g/mol. The van der Waals surface area contributed by atoms with Crippen molar-refractivity contribution in [1.29, 1.82) is 0 Å². The van der Waals surface area contributed by atoms with Gasteiger partial charge in [-0.15, -0.1) is 0 Å². The van der Waals surface area contributed by atoms with Crippen LogP contribution in [0.1, 0.15) is 5.56 Å². The number of nitrogens with one attached hydrogen (secondary N) is 1. The van der Waals surface area contributed by atoms with E-state index in [4.69, 9.17) is 10.5 Å². The number of ether oxygens (including phenoxy) is 1. The number of aromatic nitrogens is 2. The number of fused-ring (bicyclic) bond motifs is 1. The van der Waals surface area contributed by atoms with E-state index in [0.717, 1.165) is 27.8 Å². The van der Waals surface area contributed by atoms with Crippen LogP contribution in [0.15, 0.2) is 36.4 Å². The van der Waals surface area contributed by atoms with E-state index in [0.29, 0.717) is 12.2 Å². The number of halogens is 1. The predicted octanol–water partition coefficient (Wildman–Crippen LogP) is 2.84. The normalized spacial score (nSPS) is 10.9. The number of nitrogens with zero attached hydrogens (tertiary/aromatic N) is 1. The number of benzene rings is 2. The Morgan fingerprint density at radius 3 is 2.85 bits per heavy atom.